The molecule has 0 saturated carbocycles. The second-order valence-corrected chi connectivity index (χ2v) is 11.3. The highest BCUT2D eigenvalue weighted by molar-refractivity contribution is 8.01. The van der Waals surface area contributed by atoms with Crippen LogP contribution in [-0.4, -0.2) is 56.6 Å². The van der Waals surface area contributed by atoms with Crippen LogP contribution in [0.5, 0.6) is 0 Å². The highest BCUT2D eigenvalue weighted by Crippen LogP contribution is 2.56. The molecule has 32 heavy (non-hydrogen) atoms. The van der Waals surface area contributed by atoms with Gasteiger partial charge in [-0.3, -0.25) is 14.4 Å². The number of amides is 3. The summed E-state index contributed by atoms with van der Waals surface area (Å²) in [6, 6.07) is 4.59. The highest BCUT2D eigenvalue weighted by Gasteiger charge is 2.57. The predicted octanol–water partition coefficient (Wildman–Crippen LogP) is 2.40. The minimum absolute atomic E-state index is 0.194. The van der Waals surface area contributed by atoms with Crippen LogP contribution in [0.15, 0.2) is 24.3 Å². The fourth-order valence-electron chi connectivity index (χ4n) is 4.33. The predicted molar refractivity (Wildman–Crippen MR) is 122 cm³/mol. The van der Waals surface area contributed by atoms with Crippen LogP contribution in [0.4, 0.5) is 0 Å². The Labute approximate surface area is 192 Å². The summed E-state index contributed by atoms with van der Waals surface area (Å²) in [5, 5.41) is 14.5. The lowest BCUT2D eigenvalue weighted by Crippen LogP contribution is -2.60. The molecule has 3 N–H and O–H groups in total. The Bertz CT molecular complexity index is 945. The molecule has 0 spiro atoms. The fraction of sp³-hybridized carbons (Fsp3) is 0.565. The molecule has 0 aromatic heterocycles. The van der Waals surface area contributed by atoms with Crippen LogP contribution >= 0.6 is 11.8 Å². The third-order valence-corrected chi connectivity index (χ3v) is 7.56. The Kier molecular flexibility index (Phi) is 6.60. The maximum absolute atomic E-state index is 13.5. The van der Waals surface area contributed by atoms with E-state index in [1.54, 1.807) is 56.5 Å². The lowest BCUT2D eigenvalue weighted by Gasteiger charge is -2.32. The zero-order valence-corrected chi connectivity index (χ0v) is 20.0. The first-order chi connectivity index (χ1) is 14.9. The summed E-state index contributed by atoms with van der Waals surface area (Å²) in [7, 11) is 0. The van der Waals surface area contributed by atoms with Crippen molar-refractivity contribution in [2.75, 3.05) is 0 Å². The standard InChI is InChI=1S/C23H31N3O5S/c1-11(2)15(18(27)25-16(12(3)4)22(30)31)24-19(28)17-23(5,6)32-21-14-10-8-7-9-13(14)20(29)26(17)21/h7-12,15-17,21H,1-6H3,(H,24,28)(H,25,27)(H,30,31)/t15-,16-,17+,21-/m0/s1. The molecule has 1 fully saturated rings. The molecule has 2 heterocycles. The van der Waals surface area contributed by atoms with Crippen molar-refractivity contribution in [3.63, 3.8) is 0 Å². The monoisotopic (exact) mass is 461 g/mol. The first-order valence-corrected chi connectivity index (χ1v) is 11.7. The van der Waals surface area contributed by atoms with Gasteiger partial charge in [0.2, 0.25) is 11.8 Å². The van der Waals surface area contributed by atoms with Crippen LogP contribution in [-0.2, 0) is 14.4 Å². The molecule has 1 aromatic rings. The van der Waals surface area contributed by atoms with Gasteiger partial charge in [0.25, 0.3) is 5.91 Å². The lowest BCUT2D eigenvalue weighted by atomic mass is 9.97. The molecule has 0 aliphatic carbocycles. The number of hydrogen-bond acceptors (Lipinski definition) is 5. The van der Waals surface area contributed by atoms with E-state index in [-0.39, 0.29) is 23.1 Å². The number of carbonyl (C=O) groups excluding carboxylic acids is 3. The number of nitrogens with one attached hydrogen (secondary N) is 2. The van der Waals surface area contributed by atoms with Crippen molar-refractivity contribution in [2.24, 2.45) is 11.8 Å². The number of carbonyl (C=O) groups is 4. The zero-order valence-electron chi connectivity index (χ0n) is 19.2. The van der Waals surface area contributed by atoms with Crippen molar-refractivity contribution in [3.8, 4) is 0 Å². The van der Waals surface area contributed by atoms with Gasteiger partial charge in [0.1, 0.15) is 23.5 Å². The normalized spacial score (nSPS) is 23.0. The molecule has 9 heteroatoms. The molecule has 0 radical (unpaired) electrons. The van der Waals surface area contributed by atoms with Crippen molar-refractivity contribution in [1.29, 1.82) is 0 Å². The van der Waals surface area contributed by atoms with E-state index < -0.39 is 40.7 Å². The first-order valence-electron chi connectivity index (χ1n) is 10.8. The Morgan fingerprint density at radius 1 is 1.03 bits per heavy atom. The van der Waals surface area contributed by atoms with Gasteiger partial charge in [-0.25, -0.2) is 4.79 Å². The Morgan fingerprint density at radius 2 is 1.62 bits per heavy atom. The first kappa shape index (κ1) is 24.1. The van der Waals surface area contributed by atoms with Gasteiger partial charge in [-0.05, 0) is 37.3 Å². The van der Waals surface area contributed by atoms with Crippen LogP contribution in [0.3, 0.4) is 0 Å². The molecule has 8 nitrogen and oxygen atoms in total. The number of fused-ring (bicyclic) bond motifs is 3. The maximum Gasteiger partial charge on any atom is 0.326 e. The van der Waals surface area contributed by atoms with Crippen LogP contribution in [0.2, 0.25) is 0 Å². The van der Waals surface area contributed by atoms with Gasteiger partial charge in [-0.15, -0.1) is 11.8 Å². The minimum Gasteiger partial charge on any atom is -0.480 e. The van der Waals surface area contributed by atoms with Gasteiger partial charge in [-0.1, -0.05) is 45.9 Å². The van der Waals surface area contributed by atoms with E-state index in [2.05, 4.69) is 10.6 Å². The molecule has 3 amide bonds. The van der Waals surface area contributed by atoms with Crippen molar-refractivity contribution in [3.05, 3.63) is 35.4 Å². The molecule has 0 bridgehead atoms. The Morgan fingerprint density at radius 3 is 2.19 bits per heavy atom. The number of thioether (sulfide) groups is 1. The van der Waals surface area contributed by atoms with Crippen molar-refractivity contribution in [2.45, 2.75) is 69.8 Å². The molecule has 3 rings (SSSR count). The SMILES string of the molecule is CC(C)[C@H](NC(=O)[C@@H](NC(=O)[C@H]1N2C(=O)c3ccccc3[C@@H]2SC1(C)C)C(C)C)C(=O)O. The molecule has 4 atom stereocenters. The molecular weight excluding hydrogens is 430 g/mol. The van der Waals surface area contributed by atoms with Gasteiger partial charge in [0, 0.05) is 10.3 Å². The number of nitrogens with zero attached hydrogens (tertiary/aromatic N) is 1. The van der Waals surface area contributed by atoms with E-state index in [0.717, 1.165) is 5.56 Å². The van der Waals surface area contributed by atoms with E-state index in [9.17, 15) is 24.3 Å². The van der Waals surface area contributed by atoms with Crippen LogP contribution in [0, 0.1) is 11.8 Å². The summed E-state index contributed by atoms with van der Waals surface area (Å²) in [6.07, 6.45) is 0. The molecule has 1 aromatic carbocycles. The van der Waals surface area contributed by atoms with Crippen LogP contribution < -0.4 is 10.6 Å². The summed E-state index contributed by atoms with van der Waals surface area (Å²) in [5.74, 6) is -2.88. The van der Waals surface area contributed by atoms with E-state index in [1.807, 2.05) is 26.0 Å². The highest BCUT2D eigenvalue weighted by atomic mass is 32.2. The molecule has 2 aliphatic rings. The summed E-state index contributed by atoms with van der Waals surface area (Å²) < 4.78 is -0.572. The van der Waals surface area contributed by atoms with Gasteiger partial charge in [-0.2, -0.15) is 0 Å². The number of benzene rings is 1. The molecule has 2 aliphatic heterocycles. The van der Waals surface area contributed by atoms with E-state index >= 15 is 0 Å². The second-order valence-electron chi connectivity index (χ2n) is 9.57. The Balaban J connectivity index is 1.83. The quantitative estimate of drug-likeness (QED) is 0.574. The smallest absolute Gasteiger partial charge is 0.326 e. The largest absolute Gasteiger partial charge is 0.480 e. The summed E-state index contributed by atoms with van der Waals surface area (Å²) in [4.78, 5) is 52.6. The average Bonchev–Trinajstić information content (AvgIpc) is 3.12. The zero-order chi connectivity index (χ0) is 24.0. The number of hydrogen-bond donors (Lipinski definition) is 3. The second kappa shape index (κ2) is 8.77. The van der Waals surface area contributed by atoms with Crippen LogP contribution in [0.25, 0.3) is 0 Å². The molecular formula is C23H31N3O5S. The summed E-state index contributed by atoms with van der Waals surface area (Å²) in [5.41, 5.74) is 1.49. The maximum atomic E-state index is 13.5. The summed E-state index contributed by atoms with van der Waals surface area (Å²) >= 11 is 1.55. The van der Waals surface area contributed by atoms with E-state index in [1.165, 1.54) is 0 Å². The number of aliphatic carboxylic acids is 1. The molecule has 174 valence electrons. The number of carboxylic acid groups (broad SMARTS) is 1. The fourth-order valence-corrected chi connectivity index (χ4v) is 5.92. The Hall–Kier alpha value is -2.55. The van der Waals surface area contributed by atoms with Gasteiger partial charge >= 0.3 is 5.97 Å². The van der Waals surface area contributed by atoms with E-state index in [0.29, 0.717) is 5.56 Å². The van der Waals surface area contributed by atoms with Crippen molar-refractivity contribution in [1.82, 2.24) is 15.5 Å². The minimum atomic E-state index is -1.13. The van der Waals surface area contributed by atoms with Gasteiger partial charge in [0.05, 0.1) is 0 Å². The van der Waals surface area contributed by atoms with Gasteiger partial charge < -0.3 is 20.6 Å². The number of rotatable bonds is 7. The molecule has 1 saturated heterocycles. The van der Waals surface area contributed by atoms with Crippen LogP contribution in [0.1, 0.15) is 62.8 Å². The third kappa shape index (κ3) is 4.22. The van der Waals surface area contributed by atoms with Gasteiger partial charge in [0.15, 0.2) is 0 Å². The third-order valence-electron chi connectivity index (χ3n) is 6.02. The number of carboxylic acids is 1. The topological polar surface area (TPSA) is 116 Å². The summed E-state index contributed by atoms with van der Waals surface area (Å²) in [6.45, 7) is 10.8. The average molecular weight is 462 g/mol. The van der Waals surface area contributed by atoms with Crippen molar-refractivity contribution >= 4 is 35.5 Å². The van der Waals surface area contributed by atoms with Crippen molar-refractivity contribution < 1.29 is 24.3 Å². The van der Waals surface area contributed by atoms with E-state index in [4.69, 9.17) is 0 Å². The lowest BCUT2D eigenvalue weighted by molar-refractivity contribution is -0.143. The molecule has 0 unspecified atom stereocenters.